The molecule has 10 nitrogen and oxygen atoms in total. The van der Waals surface area contributed by atoms with Gasteiger partial charge in [-0.15, -0.1) is 0 Å². The van der Waals surface area contributed by atoms with Gasteiger partial charge in [-0.05, 0) is 84.7 Å². The zero-order valence-corrected chi connectivity index (χ0v) is 23.6. The van der Waals surface area contributed by atoms with E-state index in [0.717, 1.165) is 14.9 Å². The summed E-state index contributed by atoms with van der Waals surface area (Å²) < 4.78 is 41.4. The fourth-order valence-electron chi connectivity index (χ4n) is 3.77. The molecule has 0 amide bonds. The van der Waals surface area contributed by atoms with Gasteiger partial charge in [0.25, 0.3) is 0 Å². The Morgan fingerprint density at radius 2 is 1.84 bits per heavy atom. The maximum absolute atomic E-state index is 12.6. The molecule has 0 aliphatic carbocycles. The summed E-state index contributed by atoms with van der Waals surface area (Å²) in [5.74, 6) is 2.29. The first-order valence-electron chi connectivity index (χ1n) is 11.4. The minimum Gasteiger partial charge on any atom is -0.454 e. The number of hydrogen-bond donors (Lipinski definition) is 2. The largest absolute Gasteiger partial charge is 0.454 e. The summed E-state index contributed by atoms with van der Waals surface area (Å²) in [6.45, 7) is 6.18. The van der Waals surface area contributed by atoms with Gasteiger partial charge >= 0.3 is 0 Å². The number of hydrogen-bond acceptors (Lipinski definition) is 9. The third kappa shape index (κ3) is 5.69. The van der Waals surface area contributed by atoms with Gasteiger partial charge in [0.1, 0.15) is 0 Å². The predicted octanol–water partition coefficient (Wildman–Crippen LogP) is 4.32. The number of imidazole rings is 1. The first-order chi connectivity index (χ1) is 17.5. The molecule has 3 N–H and O–H groups in total. The fourth-order valence-corrected chi connectivity index (χ4v) is 6.54. The van der Waals surface area contributed by atoms with Crippen molar-refractivity contribution < 1.29 is 17.9 Å². The smallest absolute Gasteiger partial charge is 0.241 e. The van der Waals surface area contributed by atoms with Gasteiger partial charge in [-0.2, -0.15) is 0 Å². The van der Waals surface area contributed by atoms with Crippen LogP contribution < -0.4 is 19.9 Å². The molecule has 0 unspecified atom stereocenters. The number of sulfonamides is 1. The zero-order chi connectivity index (χ0) is 26.4. The lowest BCUT2D eigenvalue weighted by Gasteiger charge is -2.20. The standard InChI is InChI=1S/C24H25BrN6O4S2/c1-24(2,3)30-37(32,33)15-6-4-14(5-7-15)8-9-31-12-27-21(26)20-22(31)29-23(28-20)36-19-11-18-17(10-16(19)25)34-13-35-18/h4-7,10-12,30H,8-9,13,26H2,1-3H3. The first kappa shape index (κ1) is 25.8. The summed E-state index contributed by atoms with van der Waals surface area (Å²) in [6, 6.07) is 10.6. The van der Waals surface area contributed by atoms with Crippen molar-refractivity contribution in [3.05, 3.63) is 52.8 Å². The summed E-state index contributed by atoms with van der Waals surface area (Å²) in [4.78, 5) is 14.7. The van der Waals surface area contributed by atoms with Gasteiger partial charge in [0.2, 0.25) is 16.8 Å². The molecule has 37 heavy (non-hydrogen) atoms. The highest BCUT2D eigenvalue weighted by Gasteiger charge is 2.23. The molecule has 3 heterocycles. The van der Waals surface area contributed by atoms with Crippen LogP contribution in [0.25, 0.3) is 11.5 Å². The van der Waals surface area contributed by atoms with Crippen LogP contribution in [0.1, 0.15) is 26.3 Å². The second-order valence-corrected chi connectivity index (χ2v) is 13.0. The Bertz CT molecular complexity index is 1530. The van der Waals surface area contributed by atoms with Crippen LogP contribution in [0.2, 0.25) is 0 Å². The average molecular weight is 606 g/mol. The molecule has 0 saturated carbocycles. The molecule has 0 spiro atoms. The van der Waals surface area contributed by atoms with Crippen molar-refractivity contribution in [3.8, 4) is 23.0 Å². The highest BCUT2D eigenvalue weighted by molar-refractivity contribution is 9.10. The maximum Gasteiger partial charge on any atom is 0.241 e. The van der Waals surface area contributed by atoms with Gasteiger partial charge in [0, 0.05) is 21.5 Å². The van der Waals surface area contributed by atoms with E-state index in [1.807, 2.05) is 49.6 Å². The van der Waals surface area contributed by atoms with Crippen molar-refractivity contribution in [1.82, 2.24) is 24.2 Å². The summed E-state index contributed by atoms with van der Waals surface area (Å²) in [6.07, 6.45) is 2.28. The van der Waals surface area contributed by atoms with E-state index in [9.17, 15) is 8.42 Å². The Morgan fingerprint density at radius 3 is 2.54 bits per heavy atom. The van der Waals surface area contributed by atoms with Gasteiger partial charge in [0.05, 0.1) is 11.2 Å². The molecule has 0 fully saturated rings. The number of halogens is 1. The van der Waals surface area contributed by atoms with Crippen LogP contribution in [0.4, 0.5) is 5.82 Å². The normalized spacial score (nSPS) is 13.4. The molecule has 0 bridgehead atoms. The predicted molar refractivity (Wildman–Crippen MR) is 143 cm³/mol. The van der Waals surface area contributed by atoms with E-state index < -0.39 is 15.6 Å². The van der Waals surface area contributed by atoms with Crippen LogP contribution in [-0.4, -0.2) is 40.3 Å². The zero-order valence-electron chi connectivity index (χ0n) is 20.4. The molecule has 13 heteroatoms. The van der Waals surface area contributed by atoms with E-state index >= 15 is 0 Å². The van der Waals surface area contributed by atoms with Crippen molar-refractivity contribution in [2.45, 2.75) is 54.2 Å². The highest BCUT2D eigenvalue weighted by atomic mass is 79.9. The summed E-state index contributed by atoms with van der Waals surface area (Å²) in [5.41, 5.74) is 7.04. The Morgan fingerprint density at radius 1 is 1.14 bits per heavy atom. The van der Waals surface area contributed by atoms with Crippen LogP contribution in [0.15, 0.2) is 62.1 Å². The molecule has 2 aromatic carbocycles. The molecule has 0 saturated heterocycles. The van der Waals surface area contributed by atoms with Crippen LogP contribution in [0.5, 0.6) is 11.5 Å². The fraction of sp³-hybridized carbons (Fsp3) is 0.292. The van der Waals surface area contributed by atoms with Crippen molar-refractivity contribution >= 4 is 43.5 Å². The Kier molecular flexibility index (Phi) is 6.81. The second-order valence-electron chi connectivity index (χ2n) is 9.49. The van der Waals surface area contributed by atoms with E-state index in [2.05, 4.69) is 30.6 Å². The summed E-state index contributed by atoms with van der Waals surface area (Å²) in [5, 5.41) is 0.531. The Labute approximate surface area is 227 Å². The average Bonchev–Trinajstić information content (AvgIpc) is 3.45. The molecule has 0 radical (unpaired) electrons. The van der Waals surface area contributed by atoms with E-state index in [4.69, 9.17) is 20.2 Å². The quantitative estimate of drug-likeness (QED) is 0.316. The number of nitrogen functional groups attached to an aromatic ring is 1. The van der Waals surface area contributed by atoms with Crippen molar-refractivity contribution in [3.63, 3.8) is 0 Å². The minimum atomic E-state index is -3.58. The number of rotatable bonds is 7. The molecular weight excluding hydrogens is 580 g/mol. The van der Waals surface area contributed by atoms with E-state index in [1.165, 1.54) is 11.8 Å². The molecule has 3 aliphatic rings. The number of aryl methyl sites for hydroxylation is 2. The van der Waals surface area contributed by atoms with Gasteiger partial charge in [0.15, 0.2) is 34.0 Å². The number of anilines is 1. The lowest BCUT2D eigenvalue weighted by atomic mass is 10.1. The number of ether oxygens (including phenoxy) is 2. The lowest BCUT2D eigenvalue weighted by molar-refractivity contribution is 0.174. The van der Waals surface area contributed by atoms with Gasteiger partial charge in [-0.25, -0.2) is 28.1 Å². The molecule has 0 aromatic heterocycles. The molecule has 2 aromatic rings. The van der Waals surface area contributed by atoms with Crippen LogP contribution >= 0.6 is 27.7 Å². The number of fused-ring (bicyclic) bond motifs is 2. The number of nitrogens with two attached hydrogens (primary N) is 1. The monoisotopic (exact) mass is 604 g/mol. The molecule has 3 aliphatic heterocycles. The van der Waals surface area contributed by atoms with Gasteiger partial charge in [-0.1, -0.05) is 12.1 Å². The molecule has 194 valence electrons. The molecule has 5 rings (SSSR count). The van der Waals surface area contributed by atoms with E-state index in [-0.39, 0.29) is 11.7 Å². The number of aromatic nitrogens is 4. The second kappa shape index (κ2) is 9.78. The van der Waals surface area contributed by atoms with Crippen LogP contribution in [-0.2, 0) is 23.0 Å². The van der Waals surface area contributed by atoms with Gasteiger partial charge in [-0.3, -0.25) is 0 Å². The van der Waals surface area contributed by atoms with E-state index in [0.29, 0.717) is 47.0 Å². The topological polar surface area (TPSA) is 134 Å². The van der Waals surface area contributed by atoms with Crippen molar-refractivity contribution in [2.75, 3.05) is 12.5 Å². The van der Waals surface area contributed by atoms with Crippen LogP contribution in [0, 0.1) is 0 Å². The Balaban J connectivity index is 1.33. The third-order valence-electron chi connectivity index (χ3n) is 5.42. The molecular formula is C24H25BrN6O4S2. The van der Waals surface area contributed by atoms with Gasteiger partial charge < -0.3 is 19.8 Å². The molecule has 0 atom stereocenters. The van der Waals surface area contributed by atoms with Crippen molar-refractivity contribution in [2.24, 2.45) is 0 Å². The SMILES string of the molecule is CC(C)(C)NS(=O)(=O)c1ccc(CCn2cnc(N)c3nc(Sc4cc5c(cc4Br)OCO5)nc2-3)cc1. The highest BCUT2D eigenvalue weighted by Crippen LogP contribution is 2.43. The van der Waals surface area contributed by atoms with Crippen LogP contribution in [0.3, 0.4) is 0 Å². The number of benzene rings is 2. The van der Waals surface area contributed by atoms with E-state index in [1.54, 1.807) is 18.5 Å². The lowest BCUT2D eigenvalue weighted by Crippen LogP contribution is -2.40. The third-order valence-corrected chi connectivity index (χ3v) is 9.03. The first-order valence-corrected chi connectivity index (χ1v) is 14.5. The maximum atomic E-state index is 12.6. The minimum absolute atomic E-state index is 0.196. The number of nitrogens with zero attached hydrogens (tertiary/aromatic N) is 4. The summed E-state index contributed by atoms with van der Waals surface area (Å²) >= 11 is 4.95. The Hall–Kier alpha value is -2.87. The number of nitrogens with one attached hydrogen (secondary N) is 1. The van der Waals surface area contributed by atoms with Crippen molar-refractivity contribution in [1.29, 1.82) is 0 Å². The summed E-state index contributed by atoms with van der Waals surface area (Å²) in [7, 11) is -3.58.